The van der Waals surface area contributed by atoms with E-state index in [0.717, 1.165) is 25.9 Å². The van der Waals surface area contributed by atoms with E-state index in [1.54, 1.807) is 18.2 Å². The number of nitrogens with zero attached hydrogens (tertiary/aromatic N) is 1. The fourth-order valence-corrected chi connectivity index (χ4v) is 2.67. The number of piperidine rings is 1. The second-order valence-electron chi connectivity index (χ2n) is 4.74. The highest BCUT2D eigenvalue weighted by atomic mass is 35.5. The van der Waals surface area contributed by atoms with Crippen LogP contribution >= 0.6 is 23.8 Å². The molecule has 0 bridgehead atoms. The van der Waals surface area contributed by atoms with E-state index in [4.69, 9.17) is 34.3 Å². The number of thiocarbonyl (C=S) groups is 1. The Hall–Kier alpha value is -1.33. The fraction of sp³-hybridized carbons (Fsp3) is 0.429. The quantitative estimate of drug-likeness (QED) is 0.867. The van der Waals surface area contributed by atoms with Crippen LogP contribution in [0.5, 0.6) is 5.75 Å². The number of nitrogens with two attached hydrogens (primary N) is 1. The van der Waals surface area contributed by atoms with E-state index < -0.39 is 0 Å². The lowest BCUT2D eigenvalue weighted by atomic mass is 10.1. The zero-order valence-corrected chi connectivity index (χ0v) is 12.7. The van der Waals surface area contributed by atoms with E-state index in [-0.39, 0.29) is 17.5 Å². The number of hydrogen-bond donors (Lipinski definition) is 1. The van der Waals surface area contributed by atoms with Gasteiger partial charge in [-0.05, 0) is 37.5 Å². The van der Waals surface area contributed by atoms with Gasteiger partial charge in [0.15, 0.2) is 6.61 Å². The van der Waals surface area contributed by atoms with Crippen molar-refractivity contribution < 1.29 is 9.53 Å². The number of rotatable bonds is 4. The van der Waals surface area contributed by atoms with Crippen molar-refractivity contribution in [2.75, 3.05) is 19.7 Å². The summed E-state index contributed by atoms with van der Waals surface area (Å²) in [5, 5.41) is 0.431. The summed E-state index contributed by atoms with van der Waals surface area (Å²) in [6.45, 7) is 1.68. The van der Waals surface area contributed by atoms with Crippen molar-refractivity contribution in [1.29, 1.82) is 0 Å². The minimum absolute atomic E-state index is 0.0132. The van der Waals surface area contributed by atoms with Gasteiger partial charge in [0.2, 0.25) is 0 Å². The third-order valence-corrected chi connectivity index (χ3v) is 3.81. The number of carbonyl (C=O) groups is 1. The number of benzene rings is 1. The molecule has 1 aliphatic heterocycles. The molecule has 1 aromatic rings. The number of hydrogen-bond acceptors (Lipinski definition) is 3. The third-order valence-electron chi connectivity index (χ3n) is 3.28. The molecule has 0 atom stereocenters. The number of likely N-dealkylation sites (tertiary alicyclic amines) is 1. The van der Waals surface area contributed by atoms with Crippen molar-refractivity contribution >= 4 is 34.7 Å². The zero-order valence-electron chi connectivity index (χ0n) is 11.1. The maximum absolute atomic E-state index is 12.0. The van der Waals surface area contributed by atoms with E-state index >= 15 is 0 Å². The summed E-state index contributed by atoms with van der Waals surface area (Å²) in [5.41, 5.74) is 6.14. The Morgan fingerprint density at radius 1 is 1.35 bits per heavy atom. The minimum atomic E-state index is 0.0132. The maximum Gasteiger partial charge on any atom is 0.260 e. The molecular formula is C14H17ClN2O2S. The minimum Gasteiger partial charge on any atom is -0.484 e. The first-order chi connectivity index (χ1) is 9.58. The Morgan fingerprint density at radius 3 is 2.65 bits per heavy atom. The van der Waals surface area contributed by atoms with Crippen molar-refractivity contribution in [3.8, 4) is 5.75 Å². The number of halogens is 1. The zero-order chi connectivity index (χ0) is 14.5. The highest BCUT2D eigenvalue weighted by Crippen LogP contribution is 2.22. The summed E-state index contributed by atoms with van der Waals surface area (Å²) in [6, 6.07) is 5.04. The van der Waals surface area contributed by atoms with Gasteiger partial charge in [-0.2, -0.15) is 0 Å². The average molecular weight is 313 g/mol. The Kier molecular flexibility index (Phi) is 5.20. The molecular weight excluding hydrogens is 296 g/mol. The second kappa shape index (κ2) is 6.90. The lowest BCUT2D eigenvalue weighted by Gasteiger charge is -2.26. The topological polar surface area (TPSA) is 55.6 Å². The van der Waals surface area contributed by atoms with Crippen LogP contribution in [0.15, 0.2) is 18.2 Å². The van der Waals surface area contributed by atoms with Crippen LogP contribution in [0.4, 0.5) is 0 Å². The van der Waals surface area contributed by atoms with E-state index in [1.807, 2.05) is 4.90 Å². The predicted molar refractivity (Wildman–Crippen MR) is 83.3 cm³/mol. The highest BCUT2D eigenvalue weighted by molar-refractivity contribution is 7.80. The van der Waals surface area contributed by atoms with E-state index in [2.05, 4.69) is 0 Å². The molecule has 1 saturated heterocycles. The highest BCUT2D eigenvalue weighted by Gasteiger charge is 2.17. The van der Waals surface area contributed by atoms with Crippen LogP contribution in [-0.2, 0) is 4.79 Å². The first-order valence-corrected chi connectivity index (χ1v) is 7.36. The van der Waals surface area contributed by atoms with Gasteiger partial charge in [-0.15, -0.1) is 0 Å². The van der Waals surface area contributed by atoms with Crippen LogP contribution in [0.2, 0.25) is 5.02 Å². The van der Waals surface area contributed by atoms with Crippen LogP contribution in [-0.4, -0.2) is 35.5 Å². The second-order valence-corrected chi connectivity index (χ2v) is 5.58. The average Bonchev–Trinajstić information content (AvgIpc) is 2.45. The van der Waals surface area contributed by atoms with Crippen LogP contribution < -0.4 is 10.5 Å². The maximum atomic E-state index is 12.0. The molecule has 6 heteroatoms. The lowest BCUT2D eigenvalue weighted by Crippen LogP contribution is -2.38. The molecule has 1 heterocycles. The summed E-state index contributed by atoms with van der Waals surface area (Å²) in [4.78, 5) is 14.0. The number of amides is 1. The summed E-state index contributed by atoms with van der Waals surface area (Å²) >= 11 is 10.9. The van der Waals surface area contributed by atoms with Crippen LogP contribution in [0.25, 0.3) is 0 Å². The number of carbonyl (C=O) groups excluding carboxylic acids is 1. The smallest absolute Gasteiger partial charge is 0.260 e. The van der Waals surface area contributed by atoms with Gasteiger partial charge in [0.25, 0.3) is 5.91 Å². The summed E-state index contributed by atoms with van der Waals surface area (Å²) in [6.07, 6.45) is 3.33. The fourth-order valence-electron chi connectivity index (χ4n) is 2.17. The van der Waals surface area contributed by atoms with Gasteiger partial charge in [0, 0.05) is 18.7 Å². The summed E-state index contributed by atoms with van der Waals surface area (Å²) < 4.78 is 5.48. The Balaban J connectivity index is 1.92. The molecule has 0 aliphatic carbocycles. The molecule has 1 fully saturated rings. The molecule has 1 amide bonds. The van der Waals surface area contributed by atoms with Gasteiger partial charge in [-0.1, -0.05) is 23.8 Å². The molecule has 0 saturated carbocycles. The van der Waals surface area contributed by atoms with Gasteiger partial charge >= 0.3 is 0 Å². The van der Waals surface area contributed by atoms with Gasteiger partial charge in [0.05, 0.1) is 5.02 Å². The van der Waals surface area contributed by atoms with Gasteiger partial charge in [-0.25, -0.2) is 0 Å². The summed E-state index contributed by atoms with van der Waals surface area (Å²) in [5.74, 6) is 0.555. The standard InChI is InChI=1S/C14H17ClN2O2S/c15-12-8-10(4-5-11(12)14(16)20)19-9-13(18)17-6-2-1-3-7-17/h4-5,8H,1-3,6-7,9H2,(H2,16,20). The van der Waals surface area contributed by atoms with Crippen molar-refractivity contribution in [2.24, 2.45) is 5.73 Å². The van der Waals surface area contributed by atoms with Crippen molar-refractivity contribution in [2.45, 2.75) is 19.3 Å². The van der Waals surface area contributed by atoms with Crippen LogP contribution in [0.3, 0.4) is 0 Å². The third kappa shape index (κ3) is 3.84. The first kappa shape index (κ1) is 15.1. The molecule has 1 aliphatic rings. The molecule has 108 valence electrons. The van der Waals surface area contributed by atoms with E-state index in [9.17, 15) is 4.79 Å². The number of ether oxygens (including phenoxy) is 1. The Morgan fingerprint density at radius 2 is 2.05 bits per heavy atom. The normalized spacial score (nSPS) is 14.9. The molecule has 2 rings (SSSR count). The molecule has 4 nitrogen and oxygen atoms in total. The van der Waals surface area contributed by atoms with Gasteiger partial charge in [-0.3, -0.25) is 4.79 Å². The van der Waals surface area contributed by atoms with E-state index in [0.29, 0.717) is 16.3 Å². The predicted octanol–water partition coefficient (Wildman–Crippen LogP) is 2.37. The molecule has 2 N–H and O–H groups in total. The Bertz CT molecular complexity index is 516. The molecule has 20 heavy (non-hydrogen) atoms. The van der Waals surface area contributed by atoms with Crippen molar-refractivity contribution in [3.05, 3.63) is 28.8 Å². The van der Waals surface area contributed by atoms with Gasteiger partial charge < -0.3 is 15.4 Å². The molecule has 0 spiro atoms. The Labute approximate surface area is 128 Å². The molecule has 1 aromatic carbocycles. The van der Waals surface area contributed by atoms with Crippen LogP contribution in [0, 0.1) is 0 Å². The first-order valence-electron chi connectivity index (χ1n) is 6.58. The van der Waals surface area contributed by atoms with Crippen molar-refractivity contribution in [3.63, 3.8) is 0 Å². The SMILES string of the molecule is NC(=S)c1ccc(OCC(=O)N2CCCCC2)cc1Cl. The lowest BCUT2D eigenvalue weighted by molar-refractivity contribution is -0.134. The molecule has 0 unspecified atom stereocenters. The molecule has 0 aromatic heterocycles. The monoisotopic (exact) mass is 312 g/mol. The van der Waals surface area contributed by atoms with Gasteiger partial charge in [0.1, 0.15) is 10.7 Å². The summed E-state index contributed by atoms with van der Waals surface area (Å²) in [7, 11) is 0. The van der Waals surface area contributed by atoms with Crippen molar-refractivity contribution in [1.82, 2.24) is 4.90 Å². The molecule has 0 radical (unpaired) electrons. The van der Waals surface area contributed by atoms with Crippen LogP contribution in [0.1, 0.15) is 24.8 Å². The largest absolute Gasteiger partial charge is 0.484 e. The van der Waals surface area contributed by atoms with E-state index in [1.165, 1.54) is 6.42 Å².